The van der Waals surface area contributed by atoms with E-state index >= 15 is 0 Å². The maximum Gasteiger partial charge on any atom is 0.400 e. The SMILES string of the molecule is Cc1cc2c3c(c1)-c1c(O)cc(-c4cc5ccc(O)cc5o4)cc1OC3(O)Oc1cc(O)ccc1-2. The Hall–Kier alpha value is -4.62. The predicted molar refractivity (Wildman–Crippen MR) is 127 cm³/mol. The number of rotatable bonds is 1. The van der Waals surface area contributed by atoms with Gasteiger partial charge in [-0.3, -0.25) is 0 Å². The van der Waals surface area contributed by atoms with Crippen molar-refractivity contribution in [3.63, 3.8) is 0 Å². The lowest BCUT2D eigenvalue weighted by Crippen LogP contribution is -2.44. The number of fused-ring (bicyclic) bond motifs is 5. The zero-order chi connectivity index (χ0) is 24.1. The third-order valence-corrected chi connectivity index (χ3v) is 6.49. The van der Waals surface area contributed by atoms with Crippen LogP contribution < -0.4 is 9.47 Å². The molecule has 5 aromatic rings. The summed E-state index contributed by atoms with van der Waals surface area (Å²) in [6.45, 7) is 1.93. The summed E-state index contributed by atoms with van der Waals surface area (Å²) >= 11 is 0. The van der Waals surface area contributed by atoms with E-state index < -0.39 is 5.97 Å². The molecule has 0 radical (unpaired) electrons. The number of aliphatic hydroxyl groups is 1. The van der Waals surface area contributed by atoms with Crippen molar-refractivity contribution in [2.45, 2.75) is 12.9 Å². The van der Waals surface area contributed by atoms with E-state index in [1.54, 1.807) is 42.5 Å². The minimum atomic E-state index is -2.17. The quantitative estimate of drug-likeness (QED) is 0.249. The molecule has 1 unspecified atom stereocenters. The van der Waals surface area contributed by atoms with Crippen LogP contribution in [-0.4, -0.2) is 20.4 Å². The predicted octanol–water partition coefficient (Wildman–Crippen LogP) is 5.75. The van der Waals surface area contributed by atoms with Crippen molar-refractivity contribution >= 4 is 11.0 Å². The van der Waals surface area contributed by atoms with Gasteiger partial charge in [0.2, 0.25) is 0 Å². The Morgan fingerprint density at radius 3 is 2.31 bits per heavy atom. The van der Waals surface area contributed by atoms with E-state index in [9.17, 15) is 20.4 Å². The van der Waals surface area contributed by atoms with Crippen molar-refractivity contribution in [1.82, 2.24) is 0 Å². The molecule has 7 nitrogen and oxygen atoms in total. The normalized spacial score (nSPS) is 17.2. The fraction of sp³-hybridized carbons (Fsp3) is 0.0714. The van der Waals surface area contributed by atoms with E-state index in [2.05, 4.69) is 0 Å². The number of ether oxygens (including phenoxy) is 2. The lowest BCUT2D eigenvalue weighted by molar-refractivity contribution is -0.286. The molecular formula is C28H18O7. The summed E-state index contributed by atoms with van der Waals surface area (Å²) in [5, 5.41) is 43.2. The number of hydrogen-bond donors (Lipinski definition) is 4. The number of aromatic hydroxyl groups is 3. The molecule has 1 aromatic heterocycles. The lowest BCUT2D eigenvalue weighted by Gasteiger charge is -2.40. The molecule has 172 valence electrons. The van der Waals surface area contributed by atoms with Gasteiger partial charge in [-0.25, -0.2) is 0 Å². The van der Waals surface area contributed by atoms with E-state index in [0.717, 1.165) is 10.9 Å². The van der Waals surface area contributed by atoms with E-state index in [-0.39, 0.29) is 28.7 Å². The van der Waals surface area contributed by atoms with Gasteiger partial charge in [-0.05, 0) is 55.0 Å². The van der Waals surface area contributed by atoms with E-state index in [1.165, 1.54) is 12.1 Å². The lowest BCUT2D eigenvalue weighted by atomic mass is 9.84. The van der Waals surface area contributed by atoms with Crippen LogP contribution in [0.15, 0.2) is 71.1 Å². The summed E-state index contributed by atoms with van der Waals surface area (Å²) in [7, 11) is 0. The number of phenolic OH excluding ortho intramolecular Hbond substituents is 3. The fourth-order valence-electron chi connectivity index (χ4n) is 5.03. The van der Waals surface area contributed by atoms with Gasteiger partial charge in [0.1, 0.15) is 40.1 Å². The monoisotopic (exact) mass is 466 g/mol. The minimum Gasteiger partial charge on any atom is -0.508 e. The zero-order valence-electron chi connectivity index (χ0n) is 18.4. The van der Waals surface area contributed by atoms with Gasteiger partial charge in [0.15, 0.2) is 0 Å². The Bertz CT molecular complexity index is 1720. The van der Waals surface area contributed by atoms with Crippen molar-refractivity contribution < 1.29 is 34.3 Å². The standard InChI is InChI=1S/C28H18O7/c1-13-6-19-18-5-4-17(30)12-24(18)34-28(32)27(19)20(7-13)26-21(31)8-15(10-25(26)35-28)22-9-14-2-3-16(29)11-23(14)33-22/h2-12,29-32H,1H3. The Labute approximate surface area is 198 Å². The van der Waals surface area contributed by atoms with Gasteiger partial charge in [-0.15, -0.1) is 0 Å². The molecule has 4 N–H and O–H groups in total. The Morgan fingerprint density at radius 2 is 1.46 bits per heavy atom. The number of benzene rings is 4. The second kappa shape index (κ2) is 6.49. The van der Waals surface area contributed by atoms with Crippen molar-refractivity contribution in [1.29, 1.82) is 0 Å². The molecule has 0 saturated carbocycles. The van der Waals surface area contributed by atoms with Crippen LogP contribution in [0.5, 0.6) is 28.7 Å². The highest BCUT2D eigenvalue weighted by molar-refractivity contribution is 5.92. The molecule has 0 spiro atoms. The van der Waals surface area contributed by atoms with Crippen molar-refractivity contribution in [3.8, 4) is 62.3 Å². The maximum absolute atomic E-state index is 11.6. The topological polar surface area (TPSA) is 113 Å². The molecule has 4 aromatic carbocycles. The second-order valence-electron chi connectivity index (χ2n) is 8.90. The third kappa shape index (κ3) is 2.76. The van der Waals surface area contributed by atoms with Gasteiger partial charge < -0.3 is 34.3 Å². The van der Waals surface area contributed by atoms with Gasteiger partial charge in [0.05, 0.1) is 11.1 Å². The van der Waals surface area contributed by atoms with Crippen LogP contribution in [0.3, 0.4) is 0 Å². The largest absolute Gasteiger partial charge is 0.508 e. The summed E-state index contributed by atoms with van der Waals surface area (Å²) in [5.74, 6) is -1.20. The Balaban J connectivity index is 1.46. The molecule has 0 saturated heterocycles. The molecule has 1 atom stereocenters. The molecule has 7 heteroatoms. The molecule has 0 fully saturated rings. The number of aryl methyl sites for hydroxylation is 1. The first-order chi connectivity index (χ1) is 16.8. The van der Waals surface area contributed by atoms with Crippen LogP contribution in [0.2, 0.25) is 0 Å². The first-order valence-electron chi connectivity index (χ1n) is 11.0. The van der Waals surface area contributed by atoms with Gasteiger partial charge in [0, 0.05) is 39.8 Å². The summed E-state index contributed by atoms with van der Waals surface area (Å²) in [6.07, 6.45) is 0. The molecule has 35 heavy (non-hydrogen) atoms. The smallest absolute Gasteiger partial charge is 0.400 e. The van der Waals surface area contributed by atoms with Gasteiger partial charge in [0.25, 0.3) is 0 Å². The number of furan rings is 1. The molecule has 0 bridgehead atoms. The number of hydrogen-bond acceptors (Lipinski definition) is 7. The molecule has 0 aliphatic carbocycles. The van der Waals surface area contributed by atoms with E-state index in [1.807, 2.05) is 19.1 Å². The molecule has 0 amide bonds. The van der Waals surface area contributed by atoms with E-state index in [0.29, 0.717) is 44.7 Å². The average molecular weight is 466 g/mol. The molecule has 2 aliphatic heterocycles. The highest BCUT2D eigenvalue weighted by Gasteiger charge is 2.48. The zero-order valence-corrected chi connectivity index (χ0v) is 18.4. The summed E-state index contributed by atoms with van der Waals surface area (Å²) in [4.78, 5) is 0. The Kier molecular flexibility index (Phi) is 3.67. The maximum atomic E-state index is 11.6. The third-order valence-electron chi connectivity index (χ3n) is 6.49. The molecular weight excluding hydrogens is 448 g/mol. The van der Waals surface area contributed by atoms with Crippen LogP contribution in [0.25, 0.3) is 44.5 Å². The summed E-state index contributed by atoms with van der Waals surface area (Å²) < 4.78 is 17.8. The highest BCUT2D eigenvalue weighted by atomic mass is 16.8. The van der Waals surface area contributed by atoms with Crippen LogP contribution in [-0.2, 0) is 5.97 Å². The van der Waals surface area contributed by atoms with Crippen molar-refractivity contribution in [2.75, 3.05) is 0 Å². The second-order valence-corrected chi connectivity index (χ2v) is 8.90. The van der Waals surface area contributed by atoms with Crippen LogP contribution in [0, 0.1) is 6.92 Å². The van der Waals surface area contributed by atoms with Crippen molar-refractivity contribution in [3.05, 3.63) is 77.9 Å². The Morgan fingerprint density at radius 1 is 0.714 bits per heavy atom. The summed E-state index contributed by atoms with van der Waals surface area (Å²) in [6, 6.07) is 18.3. The molecule has 7 rings (SSSR count). The van der Waals surface area contributed by atoms with Crippen LogP contribution >= 0.6 is 0 Å². The fourth-order valence-corrected chi connectivity index (χ4v) is 5.03. The van der Waals surface area contributed by atoms with Crippen LogP contribution in [0.4, 0.5) is 0 Å². The first-order valence-corrected chi connectivity index (χ1v) is 11.0. The van der Waals surface area contributed by atoms with Gasteiger partial charge in [-0.1, -0.05) is 12.1 Å². The first kappa shape index (κ1) is 19.8. The van der Waals surface area contributed by atoms with Gasteiger partial charge in [-0.2, -0.15) is 0 Å². The highest BCUT2D eigenvalue weighted by Crippen LogP contribution is 2.56. The average Bonchev–Trinajstić information content (AvgIpc) is 3.21. The minimum absolute atomic E-state index is 0.00395. The summed E-state index contributed by atoms with van der Waals surface area (Å²) in [5.41, 5.74) is 4.71. The molecule has 3 heterocycles. The van der Waals surface area contributed by atoms with Gasteiger partial charge >= 0.3 is 5.97 Å². The molecule has 2 aliphatic rings. The number of phenols is 3. The van der Waals surface area contributed by atoms with E-state index in [4.69, 9.17) is 13.9 Å². The van der Waals surface area contributed by atoms with Crippen molar-refractivity contribution in [2.24, 2.45) is 0 Å². The van der Waals surface area contributed by atoms with Crippen LogP contribution in [0.1, 0.15) is 11.1 Å².